The predicted octanol–water partition coefficient (Wildman–Crippen LogP) is 3.10. The molecule has 2 heterocycles. The monoisotopic (exact) mass is 264 g/mol. The van der Waals surface area contributed by atoms with Gasteiger partial charge in [0, 0.05) is 18.4 Å². The molecule has 0 N–H and O–H groups in total. The van der Waals surface area contributed by atoms with Crippen LogP contribution in [-0.2, 0) is 13.5 Å². The molecule has 0 spiro atoms. The van der Waals surface area contributed by atoms with E-state index in [-0.39, 0.29) is 0 Å². The lowest BCUT2D eigenvalue weighted by molar-refractivity contribution is 0.731. The van der Waals surface area contributed by atoms with Gasteiger partial charge in [0.15, 0.2) is 5.82 Å². The van der Waals surface area contributed by atoms with Crippen molar-refractivity contribution in [3.05, 3.63) is 28.3 Å². The molecule has 0 radical (unpaired) electrons. The first-order chi connectivity index (χ1) is 8.52. The van der Waals surface area contributed by atoms with Crippen molar-refractivity contribution in [3.63, 3.8) is 0 Å². The Bertz CT molecular complexity index is 575. The number of aromatic nitrogens is 4. The van der Waals surface area contributed by atoms with E-state index < -0.39 is 0 Å². The standard InChI is InChI=1S/C13H17ClN4/c1-5-6-10-7-11(14)16-13(15-10)12-8(2)17-18(4)9(12)3/h7H,5-6H2,1-4H3. The summed E-state index contributed by atoms with van der Waals surface area (Å²) in [6, 6.07) is 1.83. The lowest BCUT2D eigenvalue weighted by Gasteiger charge is -2.05. The van der Waals surface area contributed by atoms with Crippen molar-refractivity contribution in [1.29, 1.82) is 0 Å². The van der Waals surface area contributed by atoms with Gasteiger partial charge in [-0.15, -0.1) is 0 Å². The Morgan fingerprint density at radius 1 is 1.28 bits per heavy atom. The fourth-order valence-electron chi connectivity index (χ4n) is 2.06. The summed E-state index contributed by atoms with van der Waals surface area (Å²) in [5.74, 6) is 0.675. The van der Waals surface area contributed by atoms with Crippen molar-refractivity contribution in [2.75, 3.05) is 0 Å². The van der Waals surface area contributed by atoms with Gasteiger partial charge in [-0.1, -0.05) is 24.9 Å². The fourth-order valence-corrected chi connectivity index (χ4v) is 2.26. The number of rotatable bonds is 3. The van der Waals surface area contributed by atoms with Gasteiger partial charge < -0.3 is 0 Å². The Kier molecular flexibility index (Phi) is 3.66. The highest BCUT2D eigenvalue weighted by Gasteiger charge is 2.15. The van der Waals surface area contributed by atoms with E-state index in [1.54, 1.807) is 0 Å². The van der Waals surface area contributed by atoms with Gasteiger partial charge in [0.2, 0.25) is 0 Å². The minimum atomic E-state index is 0.492. The van der Waals surface area contributed by atoms with Crippen LogP contribution in [0.3, 0.4) is 0 Å². The van der Waals surface area contributed by atoms with Crippen LogP contribution in [0.2, 0.25) is 5.15 Å². The summed E-state index contributed by atoms with van der Waals surface area (Å²) in [4.78, 5) is 8.90. The van der Waals surface area contributed by atoms with E-state index in [2.05, 4.69) is 22.0 Å². The number of aryl methyl sites for hydroxylation is 3. The summed E-state index contributed by atoms with van der Waals surface area (Å²) >= 11 is 6.07. The Balaban J connectivity index is 2.56. The summed E-state index contributed by atoms with van der Waals surface area (Å²) in [6.07, 6.45) is 1.95. The molecular weight excluding hydrogens is 248 g/mol. The van der Waals surface area contributed by atoms with E-state index in [9.17, 15) is 0 Å². The molecule has 0 bridgehead atoms. The zero-order valence-corrected chi connectivity index (χ0v) is 11.9. The highest BCUT2D eigenvalue weighted by Crippen LogP contribution is 2.25. The second-order valence-corrected chi connectivity index (χ2v) is 4.81. The molecule has 0 saturated carbocycles. The molecule has 5 heteroatoms. The van der Waals surface area contributed by atoms with E-state index >= 15 is 0 Å². The maximum atomic E-state index is 6.07. The molecule has 2 rings (SSSR count). The van der Waals surface area contributed by atoms with Crippen molar-refractivity contribution in [3.8, 4) is 11.4 Å². The van der Waals surface area contributed by atoms with Crippen LogP contribution in [-0.4, -0.2) is 19.7 Å². The first-order valence-corrected chi connectivity index (χ1v) is 6.44. The Hall–Kier alpha value is -1.42. The average molecular weight is 265 g/mol. The summed E-state index contributed by atoms with van der Waals surface area (Å²) in [5, 5.41) is 4.88. The number of hydrogen-bond donors (Lipinski definition) is 0. The number of halogens is 1. The zero-order chi connectivity index (χ0) is 13.3. The second kappa shape index (κ2) is 5.06. The summed E-state index contributed by atoms with van der Waals surface area (Å²) in [5.41, 5.74) is 3.95. The fraction of sp³-hybridized carbons (Fsp3) is 0.462. The van der Waals surface area contributed by atoms with Gasteiger partial charge in [0.05, 0.1) is 11.3 Å². The van der Waals surface area contributed by atoms with Crippen molar-refractivity contribution in [1.82, 2.24) is 19.7 Å². The first-order valence-electron chi connectivity index (χ1n) is 6.07. The molecule has 4 nitrogen and oxygen atoms in total. The Morgan fingerprint density at radius 3 is 2.56 bits per heavy atom. The van der Waals surface area contributed by atoms with E-state index in [4.69, 9.17) is 11.6 Å². The van der Waals surface area contributed by atoms with Crippen LogP contribution in [0.25, 0.3) is 11.4 Å². The minimum absolute atomic E-state index is 0.492. The molecule has 0 fully saturated rings. The van der Waals surface area contributed by atoms with Crippen molar-refractivity contribution >= 4 is 11.6 Å². The van der Waals surface area contributed by atoms with Gasteiger partial charge in [-0.05, 0) is 26.3 Å². The van der Waals surface area contributed by atoms with E-state index in [1.165, 1.54) is 0 Å². The van der Waals surface area contributed by atoms with Crippen molar-refractivity contribution < 1.29 is 0 Å². The maximum Gasteiger partial charge on any atom is 0.164 e. The van der Waals surface area contributed by atoms with Crippen molar-refractivity contribution in [2.45, 2.75) is 33.6 Å². The van der Waals surface area contributed by atoms with Crippen LogP contribution in [0.1, 0.15) is 30.4 Å². The lowest BCUT2D eigenvalue weighted by Crippen LogP contribution is -1.98. The normalized spacial score (nSPS) is 10.9. The van der Waals surface area contributed by atoms with Crippen molar-refractivity contribution in [2.24, 2.45) is 7.05 Å². The van der Waals surface area contributed by atoms with E-state index in [0.29, 0.717) is 11.0 Å². The molecule has 0 atom stereocenters. The second-order valence-electron chi connectivity index (χ2n) is 4.43. The van der Waals surface area contributed by atoms with E-state index in [0.717, 1.165) is 35.5 Å². The molecule has 0 aliphatic carbocycles. The number of nitrogens with zero attached hydrogens (tertiary/aromatic N) is 4. The van der Waals surface area contributed by atoms with Gasteiger partial charge in [0.25, 0.3) is 0 Å². The van der Waals surface area contributed by atoms with Crippen LogP contribution < -0.4 is 0 Å². The molecule has 96 valence electrons. The predicted molar refractivity (Wildman–Crippen MR) is 72.7 cm³/mol. The van der Waals surface area contributed by atoms with Crippen LogP contribution in [0.5, 0.6) is 0 Å². The Labute approximate surface area is 112 Å². The van der Waals surface area contributed by atoms with Gasteiger partial charge >= 0.3 is 0 Å². The van der Waals surface area contributed by atoms with E-state index in [1.807, 2.05) is 31.6 Å². The van der Waals surface area contributed by atoms with Crippen LogP contribution in [0.4, 0.5) is 0 Å². The summed E-state index contributed by atoms with van der Waals surface area (Å²) in [7, 11) is 1.92. The third kappa shape index (κ3) is 2.38. The highest BCUT2D eigenvalue weighted by atomic mass is 35.5. The summed E-state index contributed by atoms with van der Waals surface area (Å²) < 4.78 is 1.84. The number of hydrogen-bond acceptors (Lipinski definition) is 3. The largest absolute Gasteiger partial charge is 0.272 e. The third-order valence-electron chi connectivity index (χ3n) is 2.99. The van der Waals surface area contributed by atoms with Crippen LogP contribution >= 0.6 is 11.6 Å². The van der Waals surface area contributed by atoms with Gasteiger partial charge in [-0.25, -0.2) is 9.97 Å². The first kappa shape index (κ1) is 13.0. The Morgan fingerprint density at radius 2 is 2.00 bits per heavy atom. The smallest absolute Gasteiger partial charge is 0.164 e. The molecule has 0 aliphatic heterocycles. The molecule has 2 aromatic heterocycles. The molecular formula is C13H17ClN4. The molecule has 0 aliphatic rings. The SMILES string of the molecule is CCCc1cc(Cl)nc(-c2c(C)nn(C)c2C)n1. The third-order valence-corrected chi connectivity index (χ3v) is 3.18. The van der Waals surface area contributed by atoms with Gasteiger partial charge in [-0.2, -0.15) is 5.10 Å². The minimum Gasteiger partial charge on any atom is -0.272 e. The van der Waals surface area contributed by atoms with Crippen LogP contribution in [0.15, 0.2) is 6.07 Å². The van der Waals surface area contributed by atoms with Gasteiger partial charge in [0.1, 0.15) is 5.15 Å². The summed E-state index contributed by atoms with van der Waals surface area (Å²) in [6.45, 7) is 6.10. The highest BCUT2D eigenvalue weighted by molar-refractivity contribution is 6.29. The lowest BCUT2D eigenvalue weighted by atomic mass is 10.1. The topological polar surface area (TPSA) is 43.6 Å². The molecule has 0 unspecified atom stereocenters. The maximum absolute atomic E-state index is 6.07. The molecule has 0 saturated heterocycles. The van der Waals surface area contributed by atoms with Gasteiger partial charge in [-0.3, -0.25) is 4.68 Å². The quantitative estimate of drug-likeness (QED) is 0.800. The zero-order valence-electron chi connectivity index (χ0n) is 11.2. The average Bonchev–Trinajstić information content (AvgIpc) is 2.52. The molecule has 18 heavy (non-hydrogen) atoms. The molecule has 0 amide bonds. The van der Waals surface area contributed by atoms with Crippen LogP contribution in [0, 0.1) is 13.8 Å². The molecule has 0 aromatic carbocycles. The molecule has 2 aromatic rings.